The highest BCUT2D eigenvalue weighted by atomic mass is 35.5. The van der Waals surface area contributed by atoms with E-state index in [0.29, 0.717) is 77.4 Å². The number of hydrogen-bond donors (Lipinski definition) is 8. The van der Waals surface area contributed by atoms with Crippen LogP contribution in [0.1, 0.15) is 106 Å². The van der Waals surface area contributed by atoms with Crippen molar-refractivity contribution in [2.75, 3.05) is 46.0 Å². The van der Waals surface area contributed by atoms with E-state index in [1.807, 2.05) is 0 Å². The SMILES string of the molecule is O=C(NCC1CCCC1)c1cc(-n2nnnc2-c2c(F)cccc2Cl)c[nH]1.O=C(NCC1CCCO1)c1cc(-n2nnnc2-c2ccccc2F)c[nH]1.O=C(NC[C@@H]1CCCO1)c1cc(-c2nncn2-c2cccc(F)c2F)c[nH]1.O=C(NC[C@@H]1CCCO1)c1cc(-c2nncn2-c2cccc(F)c2F)c[nH]1. The van der Waals surface area contributed by atoms with Crippen LogP contribution in [0.25, 0.3) is 68.3 Å². The molecule has 1 aliphatic carbocycles. The van der Waals surface area contributed by atoms with E-state index in [9.17, 15) is 45.5 Å². The Morgan fingerprint density at radius 2 is 0.869 bits per heavy atom. The summed E-state index contributed by atoms with van der Waals surface area (Å²) in [7, 11) is 0. The lowest BCUT2D eigenvalue weighted by Crippen LogP contribution is -2.31. The smallest absolute Gasteiger partial charge is 0.267 e. The number of nitrogens with zero attached hydrogens (tertiary/aromatic N) is 14. The van der Waals surface area contributed by atoms with Gasteiger partial charge in [-0.2, -0.15) is 9.36 Å². The molecule has 11 heterocycles. The number of carbonyl (C=O) groups is 4. The number of H-pyrrole nitrogens is 4. The highest BCUT2D eigenvalue weighted by Gasteiger charge is 2.26. The van der Waals surface area contributed by atoms with Crippen LogP contribution in [0, 0.1) is 40.8 Å². The summed E-state index contributed by atoms with van der Waals surface area (Å²) in [4.78, 5) is 60.8. The van der Waals surface area contributed by atoms with Crippen molar-refractivity contribution in [1.82, 2.24) is 111 Å². The zero-order valence-corrected chi connectivity index (χ0v) is 57.6. The van der Waals surface area contributed by atoms with Crippen LogP contribution in [0.4, 0.5) is 26.3 Å². The molecule has 4 amide bonds. The molecule has 8 aromatic heterocycles. The highest BCUT2D eigenvalue weighted by Crippen LogP contribution is 2.32. The molecule has 107 heavy (non-hydrogen) atoms. The molecule has 8 N–H and O–H groups in total. The van der Waals surface area contributed by atoms with Gasteiger partial charge in [0.25, 0.3) is 23.6 Å². The first-order chi connectivity index (χ1) is 52.1. The van der Waals surface area contributed by atoms with Crippen LogP contribution >= 0.6 is 11.6 Å². The summed E-state index contributed by atoms with van der Waals surface area (Å²) in [6, 6.07) is 24.8. The molecule has 3 atom stereocenters. The Morgan fingerprint density at radius 3 is 1.34 bits per heavy atom. The molecule has 1 unspecified atom stereocenters. The zero-order valence-electron chi connectivity index (χ0n) is 56.9. The van der Waals surface area contributed by atoms with Crippen LogP contribution in [0.3, 0.4) is 0 Å². The fraction of sp³-hybridized carbons (Fsp3) is 0.296. The molecule has 12 aromatic rings. The molecule has 4 aromatic carbocycles. The monoisotopic (exact) mass is 1490 g/mol. The molecule has 4 aliphatic rings. The van der Waals surface area contributed by atoms with Crippen molar-refractivity contribution < 1.29 is 59.7 Å². The van der Waals surface area contributed by atoms with E-state index in [1.165, 1.54) is 86.5 Å². The number of aromatic amines is 4. The number of amides is 4. The molecule has 36 heteroatoms. The van der Waals surface area contributed by atoms with Gasteiger partial charge in [-0.25, -0.2) is 26.3 Å². The van der Waals surface area contributed by atoms with Crippen molar-refractivity contribution >= 4 is 35.2 Å². The van der Waals surface area contributed by atoms with E-state index in [1.54, 1.807) is 73.3 Å². The Balaban J connectivity index is 0.000000126. The van der Waals surface area contributed by atoms with Crippen molar-refractivity contribution in [2.24, 2.45) is 5.92 Å². The maximum Gasteiger partial charge on any atom is 0.267 e. The predicted octanol–water partition coefficient (Wildman–Crippen LogP) is 9.97. The predicted molar refractivity (Wildman–Crippen MR) is 373 cm³/mol. The Morgan fingerprint density at radius 1 is 0.449 bits per heavy atom. The lowest BCUT2D eigenvalue weighted by molar-refractivity contribution is 0.0851. The summed E-state index contributed by atoms with van der Waals surface area (Å²) in [5.41, 5.74) is 3.89. The van der Waals surface area contributed by atoms with Crippen LogP contribution in [0.5, 0.6) is 0 Å². The first kappa shape index (κ1) is 73.4. The Labute approximate surface area is 609 Å². The molecular formula is C71H69ClF6N22O7. The van der Waals surface area contributed by atoms with Gasteiger partial charge in [0.2, 0.25) is 0 Å². The minimum absolute atomic E-state index is 0.0133. The molecule has 0 spiro atoms. The summed E-state index contributed by atoms with van der Waals surface area (Å²) in [6.07, 6.45) is 19.7. The van der Waals surface area contributed by atoms with Gasteiger partial charge in [-0.15, -0.1) is 30.6 Å². The molecule has 0 bridgehead atoms. The van der Waals surface area contributed by atoms with E-state index < -0.39 is 34.9 Å². The number of ether oxygens (including phenoxy) is 3. The average molecular weight is 1490 g/mol. The Hall–Kier alpha value is -12.0. The summed E-state index contributed by atoms with van der Waals surface area (Å²) >= 11 is 6.12. The van der Waals surface area contributed by atoms with E-state index in [4.69, 9.17) is 25.8 Å². The average Bonchev–Trinajstić information content (AvgIpc) is 1.69. The normalized spacial score (nSPS) is 16.1. The van der Waals surface area contributed by atoms with E-state index in [2.05, 4.69) is 92.6 Å². The fourth-order valence-electron chi connectivity index (χ4n) is 12.4. The summed E-state index contributed by atoms with van der Waals surface area (Å²) in [5, 5.41) is 50.0. The molecular weight excluding hydrogens is 1420 g/mol. The third kappa shape index (κ3) is 17.6. The number of aromatic nitrogens is 18. The van der Waals surface area contributed by atoms with Gasteiger partial charge in [-0.1, -0.05) is 54.8 Å². The third-order valence-corrected chi connectivity index (χ3v) is 18.3. The van der Waals surface area contributed by atoms with Crippen molar-refractivity contribution in [3.05, 3.63) is 203 Å². The van der Waals surface area contributed by atoms with Crippen molar-refractivity contribution in [2.45, 2.75) is 82.5 Å². The van der Waals surface area contributed by atoms with Gasteiger partial charge in [0, 0.05) is 81.9 Å². The molecule has 3 saturated heterocycles. The van der Waals surface area contributed by atoms with Crippen LogP contribution in [0.2, 0.25) is 5.02 Å². The number of rotatable bonds is 20. The summed E-state index contributed by atoms with van der Waals surface area (Å²) in [6.45, 7) is 4.22. The molecule has 3 aliphatic heterocycles. The minimum atomic E-state index is -0.997. The van der Waals surface area contributed by atoms with Crippen LogP contribution < -0.4 is 21.3 Å². The van der Waals surface area contributed by atoms with Gasteiger partial charge >= 0.3 is 0 Å². The van der Waals surface area contributed by atoms with Crippen LogP contribution in [-0.2, 0) is 14.2 Å². The topological polar surface area (TPSA) is 356 Å². The lowest BCUT2D eigenvalue weighted by atomic mass is 10.1. The number of carbonyl (C=O) groups excluding carboxylic acids is 4. The van der Waals surface area contributed by atoms with Gasteiger partial charge in [0.05, 0.1) is 57.2 Å². The third-order valence-electron chi connectivity index (χ3n) is 18.0. The molecule has 29 nitrogen and oxygen atoms in total. The van der Waals surface area contributed by atoms with Crippen molar-refractivity contribution in [3.63, 3.8) is 0 Å². The van der Waals surface area contributed by atoms with E-state index in [-0.39, 0.29) is 92.8 Å². The maximum absolute atomic E-state index is 14.2. The van der Waals surface area contributed by atoms with Crippen LogP contribution in [-0.4, -0.2) is 178 Å². The number of halogens is 7. The van der Waals surface area contributed by atoms with Gasteiger partial charge in [-0.3, -0.25) is 28.3 Å². The lowest BCUT2D eigenvalue weighted by Gasteiger charge is -2.09. The number of tetrazole rings is 2. The Kier molecular flexibility index (Phi) is 23.5. The second-order valence-electron chi connectivity index (χ2n) is 25.1. The van der Waals surface area contributed by atoms with Gasteiger partial charge in [0.1, 0.15) is 47.1 Å². The second kappa shape index (κ2) is 34.3. The number of benzene rings is 4. The molecule has 16 rings (SSSR count). The number of nitrogens with one attached hydrogen (secondary N) is 8. The zero-order chi connectivity index (χ0) is 74.3. The standard InChI is InChI=1S/C18H18ClFN6O.2C18H17F2N5O2.C17H17FN6O2/c19-13-6-3-7-14(20)16(13)17-23-24-25-26(17)12-8-15(21-10-12)18(27)22-9-11-4-1-2-5-11;2*19-13-4-1-5-15(16(13)20)25-10-23-24-17(25)11-7-14(21-8-11)18(26)22-9-12-3-2-6-27-12;18-14-6-2-1-5-13(14)16-21-22-23-24(16)11-8-15(19-9-11)17(25)20-10-12-4-3-7-26-12/h3,6-8,10-11,21H,1-2,4-5,9H2,(H,22,27);2*1,4-5,7-8,10,12,21H,2-3,6,9H2,(H,22,26);1-2,5-6,8-9,12,19H,3-4,7,10H2,(H,20,25)/t;2*12-;/m.00./s1. The first-order valence-electron chi connectivity index (χ1n) is 34.3. The Bertz CT molecular complexity index is 4870. The minimum Gasteiger partial charge on any atom is -0.376 e. The van der Waals surface area contributed by atoms with E-state index in [0.717, 1.165) is 83.3 Å². The van der Waals surface area contributed by atoms with Crippen molar-refractivity contribution in [1.29, 1.82) is 0 Å². The maximum atomic E-state index is 14.2. The highest BCUT2D eigenvalue weighted by molar-refractivity contribution is 6.33. The molecule has 4 fully saturated rings. The van der Waals surface area contributed by atoms with Crippen LogP contribution in [0.15, 0.2) is 141 Å². The molecule has 0 radical (unpaired) electrons. The van der Waals surface area contributed by atoms with Gasteiger partial charge in [0.15, 0.2) is 46.6 Å². The summed E-state index contributed by atoms with van der Waals surface area (Å²) < 4.78 is 105. The summed E-state index contributed by atoms with van der Waals surface area (Å²) in [5.74, 6) is -4.31. The van der Waals surface area contributed by atoms with E-state index >= 15 is 0 Å². The second-order valence-corrected chi connectivity index (χ2v) is 25.6. The van der Waals surface area contributed by atoms with Crippen molar-refractivity contribution in [3.8, 4) is 68.3 Å². The van der Waals surface area contributed by atoms with Gasteiger partial charge in [-0.05, 0) is 151 Å². The quantitative estimate of drug-likeness (QED) is 0.0329. The largest absolute Gasteiger partial charge is 0.376 e. The molecule has 1 saturated carbocycles. The first-order valence-corrected chi connectivity index (χ1v) is 34.7. The molecule has 554 valence electrons. The number of hydrogen-bond acceptors (Lipinski definition) is 17. The van der Waals surface area contributed by atoms with Gasteiger partial charge < -0.3 is 55.4 Å². The fourth-order valence-corrected chi connectivity index (χ4v) is 12.7.